The molecule has 1 saturated carbocycles. The average molecular weight is 222 g/mol. The van der Waals surface area contributed by atoms with Crippen LogP contribution in [-0.4, -0.2) is 0 Å². The van der Waals surface area contributed by atoms with Crippen molar-refractivity contribution >= 4 is 0 Å². The third kappa shape index (κ3) is 3.96. The van der Waals surface area contributed by atoms with E-state index in [0.29, 0.717) is 5.41 Å². The third-order valence-corrected chi connectivity index (χ3v) is 4.27. The van der Waals surface area contributed by atoms with Gasteiger partial charge in [-0.25, -0.2) is 0 Å². The Balaban J connectivity index is 2.30. The van der Waals surface area contributed by atoms with Crippen LogP contribution < -0.4 is 0 Å². The Hall–Kier alpha value is -0.260. The first kappa shape index (κ1) is 13.8. The molecule has 0 aromatic rings. The summed E-state index contributed by atoms with van der Waals surface area (Å²) in [6.45, 7) is 9.36. The number of hydrogen-bond donors (Lipinski definition) is 0. The summed E-state index contributed by atoms with van der Waals surface area (Å²) < 4.78 is 0. The zero-order valence-electron chi connectivity index (χ0n) is 11.8. The first-order chi connectivity index (χ1) is 7.66. The minimum atomic E-state index is 0.671. The van der Waals surface area contributed by atoms with Crippen LogP contribution in [0.15, 0.2) is 11.6 Å². The maximum Gasteiger partial charge on any atom is -0.0257 e. The van der Waals surface area contributed by atoms with Crippen LogP contribution in [0.3, 0.4) is 0 Å². The molecule has 0 aliphatic heterocycles. The van der Waals surface area contributed by atoms with E-state index in [2.05, 4.69) is 33.8 Å². The van der Waals surface area contributed by atoms with E-state index in [-0.39, 0.29) is 0 Å². The van der Waals surface area contributed by atoms with Gasteiger partial charge in [0.05, 0.1) is 0 Å². The lowest BCUT2D eigenvalue weighted by molar-refractivity contribution is 0.460. The SMILES string of the molecule is CCC=C(CC)CC1(C)CC1CCCCC. The zero-order chi connectivity index (χ0) is 12.0. The van der Waals surface area contributed by atoms with Gasteiger partial charge in [0.15, 0.2) is 0 Å². The lowest BCUT2D eigenvalue weighted by Gasteiger charge is -2.13. The summed E-state index contributed by atoms with van der Waals surface area (Å²) in [5, 5.41) is 0. The molecule has 0 N–H and O–H groups in total. The summed E-state index contributed by atoms with van der Waals surface area (Å²) in [6, 6.07) is 0. The van der Waals surface area contributed by atoms with Gasteiger partial charge in [0.2, 0.25) is 0 Å². The molecule has 0 bridgehead atoms. The molecule has 0 nitrogen and oxygen atoms in total. The van der Waals surface area contributed by atoms with Crippen molar-refractivity contribution in [1.29, 1.82) is 0 Å². The minimum absolute atomic E-state index is 0.671. The topological polar surface area (TPSA) is 0 Å². The number of rotatable bonds is 8. The molecule has 0 radical (unpaired) electrons. The highest BCUT2D eigenvalue weighted by Crippen LogP contribution is 2.58. The van der Waals surface area contributed by atoms with Gasteiger partial charge in [-0.1, -0.05) is 58.6 Å². The van der Waals surface area contributed by atoms with Gasteiger partial charge in [-0.15, -0.1) is 0 Å². The summed E-state index contributed by atoms with van der Waals surface area (Å²) in [5.41, 5.74) is 2.37. The normalized spacial score (nSPS) is 29.5. The summed E-state index contributed by atoms with van der Waals surface area (Å²) in [7, 11) is 0. The van der Waals surface area contributed by atoms with Crippen molar-refractivity contribution in [3.63, 3.8) is 0 Å². The molecule has 0 amide bonds. The molecule has 0 spiro atoms. The van der Waals surface area contributed by atoms with Crippen molar-refractivity contribution < 1.29 is 0 Å². The maximum atomic E-state index is 2.50. The fourth-order valence-electron chi connectivity index (χ4n) is 2.96. The van der Waals surface area contributed by atoms with Gasteiger partial charge in [0, 0.05) is 0 Å². The van der Waals surface area contributed by atoms with Crippen molar-refractivity contribution in [2.75, 3.05) is 0 Å². The molecular formula is C16H30. The summed E-state index contributed by atoms with van der Waals surface area (Å²) in [4.78, 5) is 0. The second-order valence-corrected chi connectivity index (χ2v) is 5.85. The molecule has 0 aromatic carbocycles. The second-order valence-electron chi connectivity index (χ2n) is 5.85. The molecule has 0 aromatic heterocycles. The zero-order valence-corrected chi connectivity index (χ0v) is 11.8. The third-order valence-electron chi connectivity index (χ3n) is 4.27. The van der Waals surface area contributed by atoms with E-state index >= 15 is 0 Å². The molecule has 2 atom stereocenters. The lowest BCUT2D eigenvalue weighted by atomic mass is 9.92. The van der Waals surface area contributed by atoms with Crippen LogP contribution in [0, 0.1) is 11.3 Å². The fourth-order valence-corrected chi connectivity index (χ4v) is 2.96. The molecule has 1 aliphatic carbocycles. The van der Waals surface area contributed by atoms with Crippen molar-refractivity contribution in [2.45, 2.75) is 79.1 Å². The molecule has 16 heavy (non-hydrogen) atoms. The van der Waals surface area contributed by atoms with Gasteiger partial charge < -0.3 is 0 Å². The Kier molecular flexibility index (Phi) is 5.58. The van der Waals surface area contributed by atoms with Crippen LogP contribution in [-0.2, 0) is 0 Å². The van der Waals surface area contributed by atoms with E-state index in [4.69, 9.17) is 0 Å². The molecule has 1 aliphatic rings. The van der Waals surface area contributed by atoms with Crippen LogP contribution in [0.4, 0.5) is 0 Å². The fraction of sp³-hybridized carbons (Fsp3) is 0.875. The Bertz CT molecular complexity index is 226. The van der Waals surface area contributed by atoms with Gasteiger partial charge in [0.25, 0.3) is 0 Å². The Morgan fingerprint density at radius 2 is 2.00 bits per heavy atom. The van der Waals surface area contributed by atoms with Gasteiger partial charge in [-0.2, -0.15) is 0 Å². The second kappa shape index (κ2) is 6.47. The number of unbranched alkanes of at least 4 members (excludes halogenated alkanes) is 2. The minimum Gasteiger partial charge on any atom is -0.0856 e. The van der Waals surface area contributed by atoms with Gasteiger partial charge in [-0.05, 0) is 43.4 Å². The number of allylic oxidation sites excluding steroid dienone is 2. The lowest BCUT2D eigenvalue weighted by Crippen LogP contribution is -2.00. The summed E-state index contributed by atoms with van der Waals surface area (Å²) in [5.74, 6) is 1.03. The molecule has 1 rings (SSSR count). The van der Waals surface area contributed by atoms with Crippen LogP contribution in [0.25, 0.3) is 0 Å². The van der Waals surface area contributed by atoms with Crippen molar-refractivity contribution in [3.05, 3.63) is 11.6 Å². The van der Waals surface area contributed by atoms with Crippen LogP contribution >= 0.6 is 0 Å². The molecule has 0 saturated heterocycles. The first-order valence-corrected chi connectivity index (χ1v) is 7.34. The van der Waals surface area contributed by atoms with E-state index < -0.39 is 0 Å². The smallest absolute Gasteiger partial charge is 0.0257 e. The predicted octanol–water partition coefficient (Wildman–Crippen LogP) is 5.73. The first-order valence-electron chi connectivity index (χ1n) is 7.34. The highest BCUT2D eigenvalue weighted by atomic mass is 14.5. The van der Waals surface area contributed by atoms with Crippen molar-refractivity contribution in [3.8, 4) is 0 Å². The van der Waals surface area contributed by atoms with Gasteiger partial charge in [0.1, 0.15) is 0 Å². The highest BCUT2D eigenvalue weighted by molar-refractivity contribution is 5.11. The standard InChI is InChI=1S/C16H30/c1-5-8-9-11-15-13-16(15,4)12-14(7-3)10-6-2/h10,15H,5-9,11-13H2,1-4H3. The molecule has 0 heterocycles. The Morgan fingerprint density at radius 1 is 1.25 bits per heavy atom. The number of hydrogen-bond acceptors (Lipinski definition) is 0. The molecule has 1 fully saturated rings. The average Bonchev–Trinajstić information content (AvgIpc) is 2.89. The van der Waals surface area contributed by atoms with Gasteiger partial charge >= 0.3 is 0 Å². The van der Waals surface area contributed by atoms with Crippen LogP contribution in [0.1, 0.15) is 79.1 Å². The largest absolute Gasteiger partial charge is 0.0856 e. The Morgan fingerprint density at radius 3 is 2.56 bits per heavy atom. The van der Waals surface area contributed by atoms with Gasteiger partial charge in [-0.3, -0.25) is 0 Å². The van der Waals surface area contributed by atoms with E-state index in [9.17, 15) is 0 Å². The predicted molar refractivity (Wildman–Crippen MR) is 73.6 cm³/mol. The van der Waals surface area contributed by atoms with Crippen LogP contribution in [0.2, 0.25) is 0 Å². The monoisotopic (exact) mass is 222 g/mol. The van der Waals surface area contributed by atoms with Crippen molar-refractivity contribution in [1.82, 2.24) is 0 Å². The maximum absolute atomic E-state index is 2.50. The summed E-state index contributed by atoms with van der Waals surface area (Å²) >= 11 is 0. The van der Waals surface area contributed by atoms with E-state index in [1.54, 1.807) is 5.57 Å². The molecule has 0 heteroatoms. The van der Waals surface area contributed by atoms with E-state index in [1.165, 1.54) is 51.4 Å². The van der Waals surface area contributed by atoms with Crippen LogP contribution in [0.5, 0.6) is 0 Å². The highest BCUT2D eigenvalue weighted by Gasteiger charge is 2.48. The van der Waals surface area contributed by atoms with E-state index in [0.717, 1.165) is 5.92 Å². The Labute approximate surface area is 103 Å². The van der Waals surface area contributed by atoms with Crippen molar-refractivity contribution in [2.24, 2.45) is 11.3 Å². The molecule has 94 valence electrons. The molecular weight excluding hydrogens is 192 g/mol. The molecule has 2 unspecified atom stereocenters. The van der Waals surface area contributed by atoms with E-state index in [1.807, 2.05) is 0 Å². The summed E-state index contributed by atoms with van der Waals surface area (Å²) in [6.07, 6.45) is 13.5. The quantitative estimate of drug-likeness (QED) is 0.363.